The third-order valence-corrected chi connectivity index (χ3v) is 2.83. The fourth-order valence-corrected chi connectivity index (χ4v) is 1.77. The van der Waals surface area contributed by atoms with Crippen LogP contribution in [0.2, 0.25) is 6.32 Å². The maximum absolute atomic E-state index is 11.7. The summed E-state index contributed by atoms with van der Waals surface area (Å²) in [5.41, 5.74) is 1.85. The number of rotatable bonds is 5. The van der Waals surface area contributed by atoms with Crippen LogP contribution in [0.5, 0.6) is 0 Å². The van der Waals surface area contributed by atoms with Gasteiger partial charge in [-0.1, -0.05) is 42.5 Å². The summed E-state index contributed by atoms with van der Waals surface area (Å²) in [5.74, 6) is -0.184. The van der Waals surface area contributed by atoms with Crippen LogP contribution in [0.25, 0.3) is 0 Å². The van der Waals surface area contributed by atoms with Crippen LogP contribution in [-0.2, 0) is 11.3 Å². The van der Waals surface area contributed by atoms with E-state index in [0.29, 0.717) is 11.3 Å². The van der Waals surface area contributed by atoms with E-state index in [1.165, 1.54) is 0 Å². The lowest BCUT2D eigenvalue weighted by Crippen LogP contribution is -2.13. The van der Waals surface area contributed by atoms with Crippen LogP contribution in [0.4, 0.5) is 10.5 Å². The van der Waals surface area contributed by atoms with Crippen LogP contribution >= 0.6 is 0 Å². The van der Waals surface area contributed by atoms with E-state index in [2.05, 4.69) is 5.32 Å². The minimum Gasteiger partial charge on any atom is -0.444 e. The number of anilines is 1. The maximum atomic E-state index is 11.7. The van der Waals surface area contributed by atoms with Crippen molar-refractivity contribution in [3.05, 3.63) is 65.7 Å². The third-order valence-electron chi connectivity index (χ3n) is 2.83. The van der Waals surface area contributed by atoms with Gasteiger partial charge in [-0.15, -0.1) is 0 Å². The highest BCUT2D eigenvalue weighted by Crippen LogP contribution is 2.13. The second-order valence-corrected chi connectivity index (χ2v) is 4.39. The van der Waals surface area contributed by atoms with E-state index in [1.54, 1.807) is 24.3 Å². The molecule has 2 aromatic rings. The van der Waals surface area contributed by atoms with Crippen LogP contribution in [0.15, 0.2) is 54.6 Å². The van der Waals surface area contributed by atoms with Crippen molar-refractivity contribution in [3.63, 3.8) is 0 Å². The number of carbonyl (C=O) groups excluding carboxylic acids is 2. The average Bonchev–Trinajstić information content (AvgIpc) is 2.53. The normalized spacial score (nSPS) is 9.90. The first kappa shape index (κ1) is 14.8. The summed E-state index contributed by atoms with van der Waals surface area (Å²) in [7, 11) is 5.31. The molecule has 1 N–H and O–H groups in total. The molecule has 2 aromatic carbocycles. The van der Waals surface area contributed by atoms with Crippen molar-refractivity contribution in [2.24, 2.45) is 0 Å². The fraction of sp³-hybridized carbons (Fsp3) is 0.125. The largest absolute Gasteiger partial charge is 0.444 e. The SMILES string of the molecule is [B]CC(=O)c1cccc(NC(=O)OCc2ccccc2)c1. The van der Waals surface area contributed by atoms with Crippen LogP contribution in [0.3, 0.4) is 0 Å². The van der Waals surface area contributed by atoms with Crippen molar-refractivity contribution < 1.29 is 14.3 Å². The molecule has 0 unspecified atom stereocenters. The van der Waals surface area contributed by atoms with Crippen LogP contribution in [0.1, 0.15) is 15.9 Å². The van der Waals surface area contributed by atoms with Crippen LogP contribution in [0, 0.1) is 0 Å². The van der Waals surface area contributed by atoms with Crippen molar-refractivity contribution in [2.75, 3.05) is 5.32 Å². The molecule has 2 rings (SSSR count). The number of benzene rings is 2. The Balaban J connectivity index is 1.92. The zero-order chi connectivity index (χ0) is 15.1. The first-order valence-corrected chi connectivity index (χ1v) is 6.50. The molecule has 0 aliphatic rings. The first-order chi connectivity index (χ1) is 10.2. The van der Waals surface area contributed by atoms with Gasteiger partial charge in [0.2, 0.25) is 0 Å². The smallest absolute Gasteiger partial charge is 0.411 e. The van der Waals surface area contributed by atoms with Gasteiger partial charge >= 0.3 is 6.09 Å². The number of ether oxygens (including phenoxy) is 1. The minimum atomic E-state index is -0.573. The fourth-order valence-electron chi connectivity index (χ4n) is 1.77. The van der Waals surface area contributed by atoms with Gasteiger partial charge in [-0.25, -0.2) is 4.79 Å². The van der Waals surface area contributed by atoms with E-state index in [9.17, 15) is 9.59 Å². The molecule has 0 saturated carbocycles. The molecule has 0 aliphatic carbocycles. The monoisotopic (exact) mass is 279 g/mol. The Kier molecular flexibility index (Phi) is 5.15. The molecule has 0 aliphatic heterocycles. The van der Waals surface area contributed by atoms with E-state index in [-0.39, 0.29) is 18.7 Å². The van der Waals surface area contributed by atoms with E-state index >= 15 is 0 Å². The van der Waals surface area contributed by atoms with Gasteiger partial charge in [0.05, 0.1) is 7.85 Å². The molecule has 0 heterocycles. The lowest BCUT2D eigenvalue weighted by atomic mass is 9.96. The van der Waals surface area contributed by atoms with Gasteiger partial charge in [0.1, 0.15) is 6.61 Å². The van der Waals surface area contributed by atoms with Gasteiger partial charge in [0.25, 0.3) is 0 Å². The topological polar surface area (TPSA) is 55.4 Å². The van der Waals surface area contributed by atoms with Crippen molar-refractivity contribution in [2.45, 2.75) is 12.9 Å². The molecule has 0 spiro atoms. The summed E-state index contributed by atoms with van der Waals surface area (Å²) in [4.78, 5) is 23.2. The van der Waals surface area contributed by atoms with Gasteiger partial charge in [-0.2, -0.15) is 0 Å². The molecule has 2 radical (unpaired) electrons. The molecule has 5 heteroatoms. The lowest BCUT2D eigenvalue weighted by molar-refractivity contribution is 0.101. The molecule has 0 saturated heterocycles. The van der Waals surface area contributed by atoms with Crippen LogP contribution in [-0.4, -0.2) is 19.7 Å². The maximum Gasteiger partial charge on any atom is 0.411 e. The van der Waals surface area contributed by atoms with Gasteiger partial charge in [0, 0.05) is 11.3 Å². The molecule has 4 nitrogen and oxygen atoms in total. The molecule has 0 fully saturated rings. The number of hydrogen-bond donors (Lipinski definition) is 1. The average molecular weight is 279 g/mol. The highest BCUT2D eigenvalue weighted by molar-refractivity contribution is 6.24. The van der Waals surface area contributed by atoms with E-state index in [0.717, 1.165) is 5.56 Å². The van der Waals surface area contributed by atoms with Gasteiger partial charge in [0.15, 0.2) is 5.78 Å². The Hall–Kier alpha value is -2.56. The van der Waals surface area contributed by atoms with E-state index < -0.39 is 6.09 Å². The van der Waals surface area contributed by atoms with Crippen molar-refractivity contribution in [1.29, 1.82) is 0 Å². The highest BCUT2D eigenvalue weighted by atomic mass is 16.5. The van der Waals surface area contributed by atoms with Gasteiger partial charge in [-0.3, -0.25) is 10.1 Å². The zero-order valence-corrected chi connectivity index (χ0v) is 11.4. The number of carbonyl (C=O) groups is 2. The quantitative estimate of drug-likeness (QED) is 0.675. The summed E-state index contributed by atoms with van der Waals surface area (Å²) >= 11 is 0. The molecule has 0 aromatic heterocycles. The summed E-state index contributed by atoms with van der Waals surface area (Å²) in [5, 5.41) is 2.58. The highest BCUT2D eigenvalue weighted by Gasteiger charge is 2.07. The third kappa shape index (κ3) is 4.49. The zero-order valence-electron chi connectivity index (χ0n) is 11.4. The van der Waals surface area contributed by atoms with Crippen molar-refractivity contribution in [3.8, 4) is 0 Å². The summed E-state index contributed by atoms with van der Waals surface area (Å²) < 4.78 is 5.10. The second kappa shape index (κ2) is 7.29. The Morgan fingerprint density at radius 2 is 1.81 bits per heavy atom. The van der Waals surface area contributed by atoms with Crippen molar-refractivity contribution in [1.82, 2.24) is 0 Å². The number of Topliss-reactive ketones (excluding diaryl/α,β-unsaturated/α-hetero) is 1. The summed E-state index contributed by atoms with van der Waals surface area (Å²) in [6.07, 6.45) is -0.641. The molecule has 21 heavy (non-hydrogen) atoms. The van der Waals surface area contributed by atoms with Crippen LogP contribution < -0.4 is 5.32 Å². The lowest BCUT2D eigenvalue weighted by Gasteiger charge is -2.08. The predicted octanol–water partition coefficient (Wildman–Crippen LogP) is 3.20. The molecule has 104 valence electrons. The summed E-state index contributed by atoms with van der Waals surface area (Å²) in [6.45, 7) is 0.189. The van der Waals surface area contributed by atoms with Gasteiger partial charge in [-0.05, 0) is 24.0 Å². The van der Waals surface area contributed by atoms with E-state index in [1.807, 2.05) is 30.3 Å². The Morgan fingerprint density at radius 3 is 2.52 bits per heavy atom. The molecular formula is C16H14BNO3. The first-order valence-electron chi connectivity index (χ1n) is 6.50. The van der Waals surface area contributed by atoms with Crippen molar-refractivity contribution >= 4 is 25.4 Å². The minimum absolute atomic E-state index is 0.0676. The summed E-state index contributed by atoms with van der Waals surface area (Å²) in [6, 6.07) is 15.9. The number of ketones is 1. The molecule has 0 bridgehead atoms. The number of amides is 1. The predicted molar refractivity (Wildman–Crippen MR) is 81.6 cm³/mol. The number of hydrogen-bond acceptors (Lipinski definition) is 3. The second-order valence-electron chi connectivity index (χ2n) is 4.39. The Labute approximate surface area is 124 Å². The molecule has 1 amide bonds. The van der Waals surface area contributed by atoms with E-state index in [4.69, 9.17) is 12.6 Å². The standard InChI is InChI=1S/C16H14BNO3/c17-10-15(19)13-7-4-8-14(9-13)18-16(20)21-11-12-5-2-1-3-6-12/h1-9H,10-11H2,(H,18,20). The Bertz CT molecular complexity index is 628. The Morgan fingerprint density at radius 1 is 1.05 bits per heavy atom. The van der Waals surface area contributed by atoms with Gasteiger partial charge < -0.3 is 4.74 Å². The number of nitrogens with one attached hydrogen (secondary N) is 1. The molecule has 0 atom stereocenters. The molecular weight excluding hydrogens is 265 g/mol.